The molecule has 0 aromatic heterocycles. The van der Waals surface area contributed by atoms with E-state index in [0.717, 1.165) is 12.8 Å². The Morgan fingerprint density at radius 1 is 1.33 bits per heavy atom. The van der Waals surface area contributed by atoms with Crippen LogP contribution in [0.25, 0.3) is 0 Å². The summed E-state index contributed by atoms with van der Waals surface area (Å²) in [7, 11) is 0. The van der Waals surface area contributed by atoms with Crippen LogP contribution in [0.5, 0.6) is 0 Å². The zero-order valence-electron chi connectivity index (χ0n) is 12.6. The summed E-state index contributed by atoms with van der Waals surface area (Å²) < 4.78 is 5.69. The highest BCUT2D eigenvalue weighted by Gasteiger charge is 2.19. The largest absolute Gasteiger partial charge is 0.480 e. The van der Waals surface area contributed by atoms with Crippen molar-refractivity contribution in [2.75, 3.05) is 25.2 Å². The van der Waals surface area contributed by atoms with Crippen molar-refractivity contribution in [1.29, 1.82) is 0 Å². The van der Waals surface area contributed by atoms with Gasteiger partial charge in [-0.25, -0.2) is 9.59 Å². The number of amides is 2. The molecular formula is C14H26N2O4S. The average Bonchev–Trinajstić information content (AvgIpc) is 2.48. The van der Waals surface area contributed by atoms with E-state index in [1.54, 1.807) is 11.8 Å². The molecular weight excluding hydrogens is 292 g/mol. The summed E-state index contributed by atoms with van der Waals surface area (Å²) in [6, 6.07) is -1.28. The van der Waals surface area contributed by atoms with Crippen molar-refractivity contribution in [3.8, 4) is 0 Å². The van der Waals surface area contributed by atoms with Crippen LogP contribution < -0.4 is 10.6 Å². The van der Waals surface area contributed by atoms with E-state index in [4.69, 9.17) is 9.84 Å². The van der Waals surface area contributed by atoms with Gasteiger partial charge in [-0.2, -0.15) is 11.8 Å². The van der Waals surface area contributed by atoms with Gasteiger partial charge < -0.3 is 20.5 Å². The van der Waals surface area contributed by atoms with Crippen LogP contribution in [0.15, 0.2) is 0 Å². The van der Waals surface area contributed by atoms with Crippen molar-refractivity contribution in [2.45, 2.75) is 50.7 Å². The Morgan fingerprint density at radius 3 is 2.67 bits per heavy atom. The molecule has 0 aromatic rings. The molecule has 0 spiro atoms. The van der Waals surface area contributed by atoms with Gasteiger partial charge in [0.2, 0.25) is 0 Å². The maximum absolute atomic E-state index is 11.6. The summed E-state index contributed by atoms with van der Waals surface area (Å²) in [5.41, 5.74) is 0. The van der Waals surface area contributed by atoms with Crippen molar-refractivity contribution in [3.05, 3.63) is 0 Å². The third-order valence-electron chi connectivity index (χ3n) is 3.51. The quantitative estimate of drug-likeness (QED) is 0.565. The summed E-state index contributed by atoms with van der Waals surface area (Å²) >= 11 is 1.56. The van der Waals surface area contributed by atoms with Crippen LogP contribution in [0.1, 0.15) is 38.5 Å². The Labute approximate surface area is 130 Å². The third kappa shape index (κ3) is 8.16. The van der Waals surface area contributed by atoms with Gasteiger partial charge >= 0.3 is 12.0 Å². The highest BCUT2D eigenvalue weighted by atomic mass is 32.2. The van der Waals surface area contributed by atoms with Gasteiger partial charge in [0, 0.05) is 6.54 Å². The number of carbonyl (C=O) groups is 2. The molecule has 1 saturated carbocycles. The van der Waals surface area contributed by atoms with Gasteiger partial charge in [-0.3, -0.25) is 0 Å². The number of nitrogens with one attached hydrogen (secondary N) is 2. The molecule has 1 rings (SSSR count). The average molecular weight is 318 g/mol. The zero-order valence-corrected chi connectivity index (χ0v) is 13.4. The summed E-state index contributed by atoms with van der Waals surface area (Å²) in [5.74, 6) is -0.306. The van der Waals surface area contributed by atoms with Crippen molar-refractivity contribution < 1.29 is 19.4 Å². The van der Waals surface area contributed by atoms with Crippen LogP contribution in [0.3, 0.4) is 0 Å². The van der Waals surface area contributed by atoms with Gasteiger partial charge in [-0.05, 0) is 31.3 Å². The van der Waals surface area contributed by atoms with Gasteiger partial charge in [0.05, 0.1) is 12.7 Å². The zero-order chi connectivity index (χ0) is 15.5. The first-order valence-corrected chi connectivity index (χ1v) is 8.90. The molecule has 122 valence electrons. The Morgan fingerprint density at radius 2 is 2.05 bits per heavy atom. The van der Waals surface area contributed by atoms with Crippen LogP contribution >= 0.6 is 11.8 Å². The van der Waals surface area contributed by atoms with E-state index in [1.165, 1.54) is 19.3 Å². The third-order valence-corrected chi connectivity index (χ3v) is 4.15. The van der Waals surface area contributed by atoms with Gasteiger partial charge in [0.15, 0.2) is 0 Å². The van der Waals surface area contributed by atoms with E-state index in [9.17, 15) is 9.59 Å². The second-order valence-electron chi connectivity index (χ2n) is 5.20. The van der Waals surface area contributed by atoms with Crippen molar-refractivity contribution in [3.63, 3.8) is 0 Å². The highest BCUT2D eigenvalue weighted by Crippen LogP contribution is 2.19. The van der Waals surface area contributed by atoms with E-state index in [-0.39, 0.29) is 0 Å². The van der Waals surface area contributed by atoms with E-state index >= 15 is 0 Å². The molecule has 2 amide bonds. The maximum Gasteiger partial charge on any atom is 0.326 e. The SMILES string of the molecule is CSCC[C@@H](NC(=O)NCCOC1CCCCC1)C(=O)O. The number of carboxylic acids is 1. The monoisotopic (exact) mass is 318 g/mol. The number of ether oxygens (including phenoxy) is 1. The van der Waals surface area contributed by atoms with E-state index in [2.05, 4.69) is 10.6 Å². The Balaban J connectivity index is 2.12. The van der Waals surface area contributed by atoms with Crippen LogP contribution in [0.4, 0.5) is 4.79 Å². The number of carbonyl (C=O) groups excluding carboxylic acids is 1. The van der Waals surface area contributed by atoms with Crippen LogP contribution in [0, 0.1) is 0 Å². The Hall–Kier alpha value is -0.950. The molecule has 7 heteroatoms. The molecule has 1 aliphatic carbocycles. The minimum Gasteiger partial charge on any atom is -0.480 e. The Bertz CT molecular complexity index is 322. The number of carboxylic acid groups (broad SMARTS) is 1. The molecule has 6 nitrogen and oxygen atoms in total. The summed E-state index contributed by atoms with van der Waals surface area (Å²) in [6.45, 7) is 0.873. The first-order chi connectivity index (χ1) is 10.1. The minimum absolute atomic E-state index is 0.317. The fourth-order valence-corrected chi connectivity index (χ4v) is 2.80. The molecule has 0 aromatic carbocycles. The second-order valence-corrected chi connectivity index (χ2v) is 6.19. The lowest BCUT2D eigenvalue weighted by molar-refractivity contribution is -0.139. The molecule has 1 aliphatic rings. The first-order valence-electron chi connectivity index (χ1n) is 7.51. The van der Waals surface area contributed by atoms with E-state index in [0.29, 0.717) is 31.4 Å². The summed E-state index contributed by atoms with van der Waals surface area (Å²) in [4.78, 5) is 22.6. The summed E-state index contributed by atoms with van der Waals surface area (Å²) in [5, 5.41) is 14.1. The number of hydrogen-bond donors (Lipinski definition) is 3. The van der Waals surface area contributed by atoms with E-state index in [1.807, 2.05) is 6.26 Å². The van der Waals surface area contributed by atoms with Crippen molar-refractivity contribution in [1.82, 2.24) is 10.6 Å². The molecule has 0 bridgehead atoms. The van der Waals surface area contributed by atoms with Gasteiger partial charge in [-0.1, -0.05) is 19.3 Å². The van der Waals surface area contributed by atoms with Crippen LogP contribution in [0.2, 0.25) is 0 Å². The smallest absolute Gasteiger partial charge is 0.326 e. The number of thioether (sulfide) groups is 1. The Kier molecular flexibility index (Phi) is 9.25. The van der Waals surface area contributed by atoms with Crippen molar-refractivity contribution >= 4 is 23.8 Å². The standard InChI is InChI=1S/C14H26N2O4S/c1-21-10-7-12(13(17)18)16-14(19)15-8-9-20-11-5-3-2-4-6-11/h11-12H,2-10H2,1H3,(H,17,18)(H2,15,16,19)/t12-/m1/s1. The number of rotatable bonds is 9. The van der Waals surface area contributed by atoms with Crippen LogP contribution in [-0.4, -0.2) is 54.4 Å². The topological polar surface area (TPSA) is 87.7 Å². The normalized spacial score (nSPS) is 17.2. The lowest BCUT2D eigenvalue weighted by Crippen LogP contribution is -2.47. The van der Waals surface area contributed by atoms with E-state index < -0.39 is 18.0 Å². The number of urea groups is 1. The number of aliphatic carboxylic acids is 1. The molecule has 21 heavy (non-hydrogen) atoms. The molecule has 1 atom stereocenters. The fourth-order valence-electron chi connectivity index (χ4n) is 2.32. The molecule has 0 unspecified atom stereocenters. The molecule has 1 fully saturated rings. The first kappa shape index (κ1) is 18.1. The molecule has 0 heterocycles. The molecule has 0 aliphatic heterocycles. The van der Waals surface area contributed by atoms with Gasteiger partial charge in [-0.15, -0.1) is 0 Å². The molecule has 0 radical (unpaired) electrons. The predicted octanol–water partition coefficient (Wildman–Crippen LogP) is 1.84. The van der Waals surface area contributed by atoms with Crippen LogP contribution in [-0.2, 0) is 9.53 Å². The number of hydrogen-bond acceptors (Lipinski definition) is 4. The fraction of sp³-hybridized carbons (Fsp3) is 0.857. The molecule has 3 N–H and O–H groups in total. The maximum atomic E-state index is 11.6. The van der Waals surface area contributed by atoms with Gasteiger partial charge in [0.1, 0.15) is 6.04 Å². The minimum atomic E-state index is -1.00. The van der Waals surface area contributed by atoms with Gasteiger partial charge in [0.25, 0.3) is 0 Å². The lowest BCUT2D eigenvalue weighted by atomic mass is 9.98. The second kappa shape index (κ2) is 10.7. The molecule has 0 saturated heterocycles. The highest BCUT2D eigenvalue weighted by molar-refractivity contribution is 7.98. The predicted molar refractivity (Wildman–Crippen MR) is 83.8 cm³/mol. The van der Waals surface area contributed by atoms with Crippen molar-refractivity contribution in [2.24, 2.45) is 0 Å². The lowest BCUT2D eigenvalue weighted by Gasteiger charge is -2.22. The summed E-state index contributed by atoms with van der Waals surface area (Å²) in [6.07, 6.45) is 8.56.